The van der Waals surface area contributed by atoms with Crippen molar-refractivity contribution in [1.29, 1.82) is 0 Å². The zero-order valence-electron chi connectivity index (χ0n) is 23.4. The highest BCUT2D eigenvalue weighted by molar-refractivity contribution is 6.74. The molecule has 3 aliphatic rings. The van der Waals surface area contributed by atoms with Gasteiger partial charge in [0.25, 0.3) is 0 Å². The maximum atomic E-state index is 11.8. The average Bonchev–Trinajstić information content (AvgIpc) is 3.08. The van der Waals surface area contributed by atoms with Crippen molar-refractivity contribution in [2.75, 3.05) is 14.2 Å². The normalized spacial score (nSPS) is 32.4. The van der Waals surface area contributed by atoms with Gasteiger partial charge in [-0.05, 0) is 115 Å². The van der Waals surface area contributed by atoms with Crippen molar-refractivity contribution in [1.82, 2.24) is 0 Å². The Hall–Kier alpha value is -1.33. The lowest BCUT2D eigenvalue weighted by molar-refractivity contribution is -0.140. The van der Waals surface area contributed by atoms with Gasteiger partial charge in [-0.3, -0.25) is 4.79 Å². The van der Waals surface area contributed by atoms with E-state index in [2.05, 4.69) is 59.0 Å². The van der Waals surface area contributed by atoms with Gasteiger partial charge in [-0.1, -0.05) is 33.8 Å². The molecule has 35 heavy (non-hydrogen) atoms. The van der Waals surface area contributed by atoms with E-state index in [9.17, 15) is 4.79 Å². The van der Waals surface area contributed by atoms with Crippen LogP contribution in [0.5, 0.6) is 5.75 Å². The van der Waals surface area contributed by atoms with Crippen molar-refractivity contribution in [2.24, 2.45) is 23.2 Å². The number of fused-ring (bicyclic) bond motifs is 5. The summed E-state index contributed by atoms with van der Waals surface area (Å²) in [7, 11) is 1.34. The third-order valence-corrected chi connectivity index (χ3v) is 14.9. The van der Waals surface area contributed by atoms with Crippen LogP contribution in [-0.4, -0.2) is 34.6 Å². The third kappa shape index (κ3) is 4.96. The fourth-order valence-electron chi connectivity index (χ4n) is 7.42. The van der Waals surface area contributed by atoms with Gasteiger partial charge in [-0.2, -0.15) is 0 Å². The van der Waals surface area contributed by atoms with Crippen molar-refractivity contribution < 1.29 is 18.7 Å². The second-order valence-electron chi connectivity index (χ2n) is 13.3. The number of hydrogen-bond acceptors (Lipinski definition) is 4. The van der Waals surface area contributed by atoms with Crippen molar-refractivity contribution >= 4 is 14.3 Å². The molecular formula is C30H48O4Si. The van der Waals surface area contributed by atoms with E-state index in [4.69, 9.17) is 13.9 Å². The number of benzene rings is 1. The first-order chi connectivity index (χ1) is 16.4. The first kappa shape index (κ1) is 26.7. The molecule has 4 rings (SSSR count). The summed E-state index contributed by atoms with van der Waals surface area (Å²) in [5.74, 6) is 3.50. The number of rotatable bonds is 7. The largest absolute Gasteiger partial charge is 0.497 e. The smallest absolute Gasteiger partial charge is 0.305 e. The first-order valence-corrected chi connectivity index (χ1v) is 16.7. The number of ether oxygens (including phenoxy) is 2. The molecule has 0 bridgehead atoms. The molecule has 0 amide bonds. The quantitative estimate of drug-likeness (QED) is 0.287. The molecule has 2 saturated carbocycles. The number of methoxy groups -OCH3 is 2. The van der Waals surface area contributed by atoms with E-state index in [0.29, 0.717) is 30.3 Å². The first-order valence-electron chi connectivity index (χ1n) is 13.8. The zero-order chi connectivity index (χ0) is 25.6. The van der Waals surface area contributed by atoms with Crippen LogP contribution in [0.2, 0.25) is 18.1 Å². The minimum Gasteiger partial charge on any atom is -0.497 e. The van der Waals surface area contributed by atoms with Crippen LogP contribution < -0.4 is 4.74 Å². The highest BCUT2D eigenvalue weighted by Crippen LogP contribution is 2.64. The molecule has 0 radical (unpaired) electrons. The Morgan fingerprint density at radius 3 is 2.57 bits per heavy atom. The molecule has 0 unspecified atom stereocenters. The molecule has 0 saturated heterocycles. The van der Waals surface area contributed by atoms with Crippen LogP contribution in [0.1, 0.15) is 89.7 Å². The number of hydrogen-bond donors (Lipinski definition) is 0. The summed E-state index contributed by atoms with van der Waals surface area (Å²) in [6.45, 7) is 14.4. The third-order valence-electron chi connectivity index (χ3n) is 10.4. The fraction of sp³-hybridized carbons (Fsp3) is 0.767. The van der Waals surface area contributed by atoms with Gasteiger partial charge in [0.1, 0.15) is 5.75 Å². The van der Waals surface area contributed by atoms with Gasteiger partial charge >= 0.3 is 5.97 Å². The van der Waals surface area contributed by atoms with E-state index in [0.717, 1.165) is 30.9 Å². The molecule has 0 spiro atoms. The molecular weight excluding hydrogens is 452 g/mol. The molecule has 1 aromatic rings. The van der Waals surface area contributed by atoms with Gasteiger partial charge in [0.15, 0.2) is 8.32 Å². The Morgan fingerprint density at radius 1 is 1.17 bits per heavy atom. The maximum Gasteiger partial charge on any atom is 0.305 e. The predicted molar refractivity (Wildman–Crippen MR) is 144 cm³/mol. The maximum absolute atomic E-state index is 11.8. The number of esters is 1. The summed E-state index contributed by atoms with van der Waals surface area (Å²) in [4.78, 5) is 11.8. The van der Waals surface area contributed by atoms with E-state index in [1.165, 1.54) is 38.4 Å². The SMILES string of the molecule is COC(=O)CCC[C@@H]1C[C@H]2[C@@H]3CCc4cc(OC)ccc4[C@H]3CC[C@]2(C)[C@H]1O[Si](C)(C)C(C)(C)C. The van der Waals surface area contributed by atoms with Crippen LogP contribution in [0.15, 0.2) is 18.2 Å². The van der Waals surface area contributed by atoms with Crippen molar-refractivity contribution in [3.05, 3.63) is 29.3 Å². The monoisotopic (exact) mass is 500 g/mol. The second kappa shape index (κ2) is 9.85. The summed E-state index contributed by atoms with van der Waals surface area (Å²) in [6, 6.07) is 6.77. The van der Waals surface area contributed by atoms with Crippen LogP contribution in [0, 0.1) is 23.2 Å². The van der Waals surface area contributed by atoms with Gasteiger partial charge < -0.3 is 13.9 Å². The molecule has 0 aliphatic heterocycles. The van der Waals surface area contributed by atoms with E-state index in [1.807, 2.05) is 0 Å². The van der Waals surface area contributed by atoms with E-state index in [1.54, 1.807) is 12.7 Å². The van der Waals surface area contributed by atoms with Crippen molar-refractivity contribution in [3.8, 4) is 5.75 Å². The molecule has 5 heteroatoms. The molecule has 2 fully saturated rings. The van der Waals surface area contributed by atoms with E-state index in [-0.39, 0.29) is 16.4 Å². The van der Waals surface area contributed by atoms with Crippen LogP contribution >= 0.6 is 0 Å². The number of carbonyl (C=O) groups excluding carboxylic acids is 1. The van der Waals surface area contributed by atoms with Crippen LogP contribution in [0.4, 0.5) is 0 Å². The molecule has 196 valence electrons. The minimum absolute atomic E-state index is 0.0899. The Kier molecular flexibility index (Phi) is 7.52. The summed E-state index contributed by atoms with van der Waals surface area (Å²) in [5.41, 5.74) is 3.28. The van der Waals surface area contributed by atoms with Crippen molar-refractivity contribution in [2.45, 2.75) is 109 Å². The Balaban J connectivity index is 1.61. The van der Waals surface area contributed by atoms with Gasteiger partial charge in [0.2, 0.25) is 0 Å². The highest BCUT2D eigenvalue weighted by atomic mass is 28.4. The van der Waals surface area contributed by atoms with Crippen LogP contribution in [0.3, 0.4) is 0 Å². The van der Waals surface area contributed by atoms with Crippen LogP contribution in [0.25, 0.3) is 0 Å². The van der Waals surface area contributed by atoms with Crippen LogP contribution in [-0.2, 0) is 20.4 Å². The molecule has 0 aromatic heterocycles. The number of carbonyl (C=O) groups is 1. The van der Waals surface area contributed by atoms with Gasteiger partial charge in [0.05, 0.1) is 20.3 Å². The highest BCUT2D eigenvalue weighted by Gasteiger charge is 2.60. The molecule has 6 atom stereocenters. The second-order valence-corrected chi connectivity index (χ2v) is 18.0. The lowest BCUT2D eigenvalue weighted by Gasteiger charge is -2.52. The van der Waals surface area contributed by atoms with Gasteiger partial charge in [-0.15, -0.1) is 0 Å². The fourth-order valence-corrected chi connectivity index (χ4v) is 8.87. The van der Waals surface area contributed by atoms with E-state index < -0.39 is 8.32 Å². The summed E-state index contributed by atoms with van der Waals surface area (Å²) in [6.07, 6.45) is 8.92. The molecule has 0 heterocycles. The average molecular weight is 501 g/mol. The van der Waals surface area contributed by atoms with E-state index >= 15 is 0 Å². The lowest BCUT2D eigenvalue weighted by Crippen LogP contribution is -2.51. The summed E-state index contributed by atoms with van der Waals surface area (Å²) in [5, 5.41) is 0.193. The standard InChI is InChI=1S/C30H48O4Si/c1-29(2,3)35(7,8)34-28-21(10-9-11-27(31)33-6)19-26-25-14-12-20-18-22(32-5)13-15-23(20)24(25)16-17-30(26,28)4/h13,15,18,21,24-26,28H,9-12,14,16-17,19H2,1-8H3/t21-,24-,25-,26+,28+,30+/m1/s1. The Bertz CT molecular complexity index is 919. The lowest BCUT2D eigenvalue weighted by atomic mass is 9.55. The summed E-state index contributed by atoms with van der Waals surface area (Å²) >= 11 is 0. The molecule has 3 aliphatic carbocycles. The molecule has 0 N–H and O–H groups in total. The zero-order valence-corrected chi connectivity index (χ0v) is 24.4. The molecule has 1 aromatic carbocycles. The summed E-state index contributed by atoms with van der Waals surface area (Å²) < 4.78 is 17.8. The molecule has 4 nitrogen and oxygen atoms in total. The van der Waals surface area contributed by atoms with Gasteiger partial charge in [-0.25, -0.2) is 0 Å². The number of aryl methyl sites for hydroxylation is 1. The Labute approximate surface area is 214 Å². The Morgan fingerprint density at radius 2 is 1.91 bits per heavy atom. The predicted octanol–water partition coefficient (Wildman–Crippen LogP) is 7.51. The minimum atomic E-state index is -1.92. The van der Waals surface area contributed by atoms with Gasteiger partial charge in [0, 0.05) is 6.42 Å². The van der Waals surface area contributed by atoms with Crippen molar-refractivity contribution in [3.63, 3.8) is 0 Å². The topological polar surface area (TPSA) is 44.8 Å².